The summed E-state index contributed by atoms with van der Waals surface area (Å²) in [6.45, 7) is 7.58. The molecule has 0 aromatic heterocycles. The Labute approximate surface area is 236 Å². The van der Waals surface area contributed by atoms with E-state index in [1.54, 1.807) is 18.4 Å². The summed E-state index contributed by atoms with van der Waals surface area (Å²) < 4.78 is 5.67. The van der Waals surface area contributed by atoms with Gasteiger partial charge in [-0.15, -0.1) is 0 Å². The summed E-state index contributed by atoms with van der Waals surface area (Å²) in [4.78, 5) is 32.0. The van der Waals surface area contributed by atoms with Crippen LogP contribution in [-0.4, -0.2) is 78.7 Å². The van der Waals surface area contributed by atoms with Crippen molar-refractivity contribution >= 4 is 23.3 Å². The van der Waals surface area contributed by atoms with Crippen LogP contribution in [0, 0.1) is 0 Å². The number of hydrogen-bond donors (Lipinski definition) is 1. The smallest absolute Gasteiger partial charge is 0.251 e. The summed E-state index contributed by atoms with van der Waals surface area (Å²) in [5.74, 6) is 1.16. The molecule has 1 amide bonds. The van der Waals surface area contributed by atoms with E-state index >= 15 is 0 Å². The minimum absolute atomic E-state index is 0.0149. The first-order valence-corrected chi connectivity index (χ1v) is 14.7. The predicted octanol–water partition coefficient (Wildman–Crippen LogP) is 4.84. The summed E-state index contributed by atoms with van der Waals surface area (Å²) in [7, 11) is 0. The molecule has 1 N–H and O–H groups in total. The summed E-state index contributed by atoms with van der Waals surface area (Å²) >= 11 is 6.32. The molecule has 1 aliphatic carbocycles. The summed E-state index contributed by atoms with van der Waals surface area (Å²) in [6, 6.07) is 5.79. The van der Waals surface area contributed by atoms with E-state index in [1.165, 1.54) is 19.3 Å². The zero-order valence-electron chi connectivity index (χ0n) is 22.6. The normalized spacial score (nSPS) is 20.9. The number of halogens is 1. The number of allylic oxidation sites excluding steroid dienone is 4. The average molecular weight is 551 g/mol. The minimum atomic E-state index is -0.0149. The first-order valence-electron chi connectivity index (χ1n) is 14.3. The number of piperidine rings is 2. The molecular weight excluding hydrogens is 512 g/mol. The molecule has 1 aromatic rings. The number of rotatable bonds is 9. The lowest BCUT2D eigenvalue weighted by atomic mass is 9.86. The molecule has 0 radical (unpaired) electrons. The third kappa shape index (κ3) is 7.62. The van der Waals surface area contributed by atoms with Crippen LogP contribution >= 0.6 is 11.6 Å². The van der Waals surface area contributed by atoms with Crippen LogP contribution in [0.3, 0.4) is 0 Å². The molecule has 0 saturated carbocycles. The number of benzene rings is 1. The summed E-state index contributed by atoms with van der Waals surface area (Å²) in [6.07, 6.45) is 17.1. The zero-order valence-corrected chi connectivity index (χ0v) is 23.4. The Balaban J connectivity index is 1.11. The third-order valence-corrected chi connectivity index (χ3v) is 8.35. The molecule has 0 atom stereocenters. The van der Waals surface area contributed by atoms with Gasteiger partial charge in [0.2, 0.25) is 0 Å². The lowest BCUT2D eigenvalue weighted by Gasteiger charge is -2.34. The lowest BCUT2D eigenvalue weighted by molar-refractivity contribution is -0.114. The standard InChI is InChI=1S/C31H39ClN4O3/c32-26-7-8-28(29(22-26)31(38)33-11-16-34-12-2-1-3-13-34)24-9-14-35(15-10-24)17-18-36-19-20-39-30(23-36)25-5-4-6-27(37)21-25/h4-8,19-20,22-24H,1-3,9-18,21H2,(H,33,38). The van der Waals surface area contributed by atoms with Crippen molar-refractivity contribution in [1.29, 1.82) is 0 Å². The van der Waals surface area contributed by atoms with Gasteiger partial charge in [-0.25, -0.2) is 0 Å². The summed E-state index contributed by atoms with van der Waals surface area (Å²) in [5.41, 5.74) is 2.75. The van der Waals surface area contributed by atoms with Gasteiger partial charge in [-0.05, 0) is 81.6 Å². The van der Waals surface area contributed by atoms with E-state index in [2.05, 4.69) is 20.0 Å². The van der Waals surface area contributed by atoms with Crippen LogP contribution in [0.4, 0.5) is 0 Å². The number of carbonyl (C=O) groups is 2. The van der Waals surface area contributed by atoms with Gasteiger partial charge in [0.1, 0.15) is 12.0 Å². The SMILES string of the molecule is O=C1C=CC=C(C2=CN(CCN3CCC(c4ccc(Cl)cc4C(=O)NCCN4CCCCC4)CC3)C=CO2)C1. The second kappa shape index (κ2) is 13.5. The van der Waals surface area contributed by atoms with E-state index in [0.717, 1.165) is 81.1 Å². The number of likely N-dealkylation sites (tertiary alicyclic amines) is 2. The fraction of sp³-hybridized carbons (Fsp3) is 0.484. The maximum Gasteiger partial charge on any atom is 0.251 e. The number of hydrogen-bond acceptors (Lipinski definition) is 6. The van der Waals surface area contributed by atoms with Gasteiger partial charge in [-0.1, -0.05) is 36.2 Å². The van der Waals surface area contributed by atoms with E-state index in [4.69, 9.17) is 16.3 Å². The molecule has 2 saturated heterocycles. The molecule has 5 rings (SSSR count). The van der Waals surface area contributed by atoms with Gasteiger partial charge in [-0.3, -0.25) is 9.59 Å². The van der Waals surface area contributed by atoms with Crippen molar-refractivity contribution in [3.63, 3.8) is 0 Å². The number of carbonyl (C=O) groups excluding carboxylic acids is 2. The predicted molar refractivity (Wildman–Crippen MR) is 154 cm³/mol. The Hall–Kier alpha value is -2.87. The van der Waals surface area contributed by atoms with Crippen molar-refractivity contribution in [3.05, 3.63) is 82.6 Å². The molecule has 8 heteroatoms. The highest BCUT2D eigenvalue weighted by atomic mass is 35.5. The van der Waals surface area contributed by atoms with Crippen LogP contribution in [0.15, 0.2) is 66.4 Å². The number of nitrogens with one attached hydrogen (secondary N) is 1. The van der Waals surface area contributed by atoms with Crippen LogP contribution in [0.25, 0.3) is 0 Å². The van der Waals surface area contributed by atoms with Crippen LogP contribution in [0.5, 0.6) is 0 Å². The Morgan fingerprint density at radius 2 is 1.82 bits per heavy atom. The molecule has 7 nitrogen and oxygen atoms in total. The maximum atomic E-state index is 13.2. The molecule has 39 heavy (non-hydrogen) atoms. The molecule has 1 aromatic carbocycles. The molecule has 208 valence electrons. The quantitative estimate of drug-likeness (QED) is 0.475. The van der Waals surface area contributed by atoms with Crippen molar-refractivity contribution in [3.8, 4) is 0 Å². The van der Waals surface area contributed by atoms with Crippen molar-refractivity contribution in [2.45, 2.75) is 44.4 Å². The van der Waals surface area contributed by atoms with Gasteiger partial charge in [-0.2, -0.15) is 0 Å². The summed E-state index contributed by atoms with van der Waals surface area (Å²) in [5, 5.41) is 3.75. The van der Waals surface area contributed by atoms with Crippen LogP contribution < -0.4 is 5.32 Å². The number of ketones is 1. The highest BCUT2D eigenvalue weighted by molar-refractivity contribution is 6.31. The van der Waals surface area contributed by atoms with Gasteiger partial charge >= 0.3 is 0 Å². The van der Waals surface area contributed by atoms with Crippen molar-refractivity contribution in [1.82, 2.24) is 20.0 Å². The number of nitrogens with zero attached hydrogens (tertiary/aromatic N) is 3. The Kier molecular flexibility index (Phi) is 9.56. The number of amides is 1. The molecule has 0 spiro atoms. The van der Waals surface area contributed by atoms with Gasteiger partial charge in [0.15, 0.2) is 5.78 Å². The van der Waals surface area contributed by atoms with Crippen LogP contribution in [-0.2, 0) is 9.53 Å². The van der Waals surface area contributed by atoms with Gasteiger partial charge < -0.3 is 24.8 Å². The fourth-order valence-electron chi connectivity index (χ4n) is 5.86. The first kappa shape index (κ1) is 27.7. The van der Waals surface area contributed by atoms with E-state index in [9.17, 15) is 9.59 Å². The highest BCUT2D eigenvalue weighted by Gasteiger charge is 2.25. The lowest BCUT2D eigenvalue weighted by Crippen LogP contribution is -2.39. The van der Waals surface area contributed by atoms with Crippen molar-refractivity contribution < 1.29 is 14.3 Å². The molecule has 3 aliphatic heterocycles. The first-order chi connectivity index (χ1) is 19.0. The average Bonchev–Trinajstić information content (AvgIpc) is 2.97. The van der Waals surface area contributed by atoms with E-state index in [-0.39, 0.29) is 11.7 Å². The fourth-order valence-corrected chi connectivity index (χ4v) is 6.03. The molecule has 0 bridgehead atoms. The maximum absolute atomic E-state index is 13.2. The largest absolute Gasteiger partial charge is 0.462 e. The van der Waals surface area contributed by atoms with Crippen molar-refractivity contribution in [2.24, 2.45) is 0 Å². The van der Waals surface area contributed by atoms with Crippen LogP contribution in [0.2, 0.25) is 5.02 Å². The third-order valence-electron chi connectivity index (χ3n) is 8.12. The Morgan fingerprint density at radius 3 is 2.62 bits per heavy atom. The topological polar surface area (TPSA) is 65.1 Å². The van der Waals surface area contributed by atoms with E-state index < -0.39 is 0 Å². The molecular formula is C31H39ClN4O3. The van der Waals surface area contributed by atoms with Gasteiger partial charge in [0.25, 0.3) is 5.91 Å². The van der Waals surface area contributed by atoms with E-state index in [0.29, 0.717) is 23.9 Å². The highest BCUT2D eigenvalue weighted by Crippen LogP contribution is 2.32. The molecule has 2 fully saturated rings. The van der Waals surface area contributed by atoms with Gasteiger partial charge in [0, 0.05) is 61.2 Å². The molecule has 4 aliphatic rings. The Bertz CT molecular complexity index is 1160. The monoisotopic (exact) mass is 550 g/mol. The molecule has 0 unspecified atom stereocenters. The molecule has 3 heterocycles. The van der Waals surface area contributed by atoms with E-state index in [1.807, 2.05) is 36.7 Å². The van der Waals surface area contributed by atoms with Crippen LogP contribution in [0.1, 0.15) is 60.4 Å². The number of ether oxygens (including phenoxy) is 1. The van der Waals surface area contributed by atoms with Crippen molar-refractivity contribution in [2.75, 3.05) is 52.4 Å². The minimum Gasteiger partial charge on any atom is -0.462 e. The Morgan fingerprint density at radius 1 is 1.03 bits per heavy atom. The zero-order chi connectivity index (χ0) is 27.0. The second-order valence-corrected chi connectivity index (χ2v) is 11.3. The second-order valence-electron chi connectivity index (χ2n) is 10.8. The van der Waals surface area contributed by atoms with Gasteiger partial charge in [0.05, 0.1) is 0 Å².